The van der Waals surface area contributed by atoms with Crippen LogP contribution in [0.4, 0.5) is 0 Å². The zero-order valence-corrected chi connectivity index (χ0v) is 36.2. The number of nitrogens with one attached hydrogen (secondary N) is 3. The largest absolute Gasteiger partial charge is 0.458 e. The Bertz CT molecular complexity index is 1500. The fourth-order valence-corrected chi connectivity index (χ4v) is 13.6. The molecule has 0 heterocycles. The Labute approximate surface area is 337 Å². The number of esters is 2. The molecule has 56 heavy (non-hydrogen) atoms. The third-order valence-corrected chi connectivity index (χ3v) is 16.8. The van der Waals surface area contributed by atoms with Crippen molar-refractivity contribution >= 4 is 29.7 Å². The molecule has 0 aliphatic heterocycles. The molecule has 3 N–H and O–H groups in total. The van der Waals surface area contributed by atoms with Crippen LogP contribution in [0, 0.1) is 56.7 Å². The van der Waals surface area contributed by atoms with E-state index in [9.17, 15) is 24.0 Å². The van der Waals surface area contributed by atoms with Crippen LogP contribution in [-0.4, -0.2) is 62.0 Å². The molecule has 0 aromatic carbocycles. The maximum absolute atomic E-state index is 14.3. The molecule has 10 heteroatoms. The van der Waals surface area contributed by atoms with E-state index >= 15 is 0 Å². The lowest BCUT2D eigenvalue weighted by atomic mass is 9.32. The van der Waals surface area contributed by atoms with Gasteiger partial charge in [-0.1, -0.05) is 79.9 Å². The molecule has 10 nitrogen and oxygen atoms in total. The first-order chi connectivity index (χ1) is 26.5. The molecular weight excluding hydrogens is 707 g/mol. The summed E-state index contributed by atoms with van der Waals surface area (Å²) in [4.78, 5) is 66.2. The summed E-state index contributed by atoms with van der Waals surface area (Å²) in [6, 6.07) is 0. The predicted octanol–water partition coefficient (Wildman–Crippen LogP) is 7.83. The van der Waals surface area contributed by atoms with Crippen LogP contribution >= 0.6 is 0 Å². The number of hydrogen-bond acceptors (Lipinski definition) is 7. The molecule has 5 aliphatic carbocycles. The van der Waals surface area contributed by atoms with E-state index in [-0.39, 0.29) is 46.0 Å². The average molecular weight is 782 g/mol. The normalized spacial score (nSPS) is 38.4. The van der Waals surface area contributed by atoms with Crippen LogP contribution in [0.15, 0.2) is 12.2 Å². The highest BCUT2D eigenvalue weighted by Gasteiger charge is 2.72. The van der Waals surface area contributed by atoms with Gasteiger partial charge >= 0.3 is 23.8 Å². The molecule has 0 aromatic heterocycles. The molecule has 0 spiro atoms. The second-order valence-electron chi connectivity index (χ2n) is 19.7. The SMILES string of the molecule is C=C(C)[C@@H]1CC[C@]2(C(=O)NCCCC)CC[C@]3(C)[C@H](CC[C@@H]4[C@@]5(C)CC[C@H](OC(=O)C(=O)NCCCC)[C@@](C)(COC(=O)C(=O)NCCCC)[C@@H]5CC[C@]43C)[C@@H]12. The summed E-state index contributed by atoms with van der Waals surface area (Å²) in [5.41, 5.74) is -0.122. The van der Waals surface area contributed by atoms with Gasteiger partial charge in [-0.25, -0.2) is 9.59 Å². The first-order valence-electron chi connectivity index (χ1n) is 22.4. The van der Waals surface area contributed by atoms with E-state index in [1.807, 2.05) is 20.8 Å². The summed E-state index contributed by atoms with van der Waals surface area (Å²) in [5, 5.41) is 8.75. The summed E-state index contributed by atoms with van der Waals surface area (Å²) in [6.07, 6.45) is 13.8. The Morgan fingerprint density at radius 1 is 0.661 bits per heavy atom. The number of hydrogen-bond donors (Lipinski definition) is 3. The molecule has 316 valence electrons. The van der Waals surface area contributed by atoms with Gasteiger partial charge in [0.1, 0.15) is 12.7 Å². The van der Waals surface area contributed by atoms with Crippen molar-refractivity contribution in [3.63, 3.8) is 0 Å². The molecule has 3 amide bonds. The number of carbonyl (C=O) groups is 5. The van der Waals surface area contributed by atoms with Gasteiger partial charge < -0.3 is 25.4 Å². The van der Waals surface area contributed by atoms with Crippen LogP contribution in [0.1, 0.15) is 158 Å². The molecule has 0 radical (unpaired) electrons. The van der Waals surface area contributed by atoms with E-state index in [1.165, 1.54) is 5.57 Å². The molecule has 0 bridgehead atoms. The van der Waals surface area contributed by atoms with Gasteiger partial charge in [0, 0.05) is 25.0 Å². The molecule has 5 fully saturated rings. The maximum Gasteiger partial charge on any atom is 0.397 e. The summed E-state index contributed by atoms with van der Waals surface area (Å²) in [7, 11) is 0. The van der Waals surface area contributed by atoms with E-state index in [0.29, 0.717) is 37.3 Å². The molecular formula is C46H75N3O7. The number of fused-ring (bicyclic) bond motifs is 7. The Hall–Kier alpha value is -2.91. The van der Waals surface area contributed by atoms with Gasteiger partial charge in [0.2, 0.25) is 5.91 Å². The van der Waals surface area contributed by atoms with Crippen molar-refractivity contribution < 1.29 is 33.4 Å². The van der Waals surface area contributed by atoms with Gasteiger partial charge in [0.15, 0.2) is 0 Å². The van der Waals surface area contributed by atoms with Crippen molar-refractivity contribution in [2.75, 3.05) is 26.2 Å². The van der Waals surface area contributed by atoms with Crippen LogP contribution in [-0.2, 0) is 33.4 Å². The lowest BCUT2D eigenvalue weighted by Crippen LogP contribution is -2.68. The number of ether oxygens (including phenoxy) is 2. The van der Waals surface area contributed by atoms with E-state index in [1.54, 1.807) is 0 Å². The van der Waals surface area contributed by atoms with Crippen molar-refractivity contribution in [2.45, 2.75) is 164 Å². The fraction of sp³-hybridized carbons (Fsp3) is 0.848. The van der Waals surface area contributed by atoms with Crippen LogP contribution in [0.5, 0.6) is 0 Å². The molecule has 5 aliphatic rings. The highest BCUT2D eigenvalue weighted by Crippen LogP contribution is 2.77. The minimum Gasteiger partial charge on any atom is -0.458 e. The van der Waals surface area contributed by atoms with Crippen LogP contribution in [0.2, 0.25) is 0 Å². The van der Waals surface area contributed by atoms with Crippen LogP contribution in [0.25, 0.3) is 0 Å². The smallest absolute Gasteiger partial charge is 0.397 e. The second-order valence-corrected chi connectivity index (χ2v) is 19.7. The van der Waals surface area contributed by atoms with E-state index in [0.717, 1.165) is 103 Å². The van der Waals surface area contributed by atoms with Gasteiger partial charge in [-0.05, 0) is 136 Å². The van der Waals surface area contributed by atoms with Crippen molar-refractivity contribution in [1.29, 1.82) is 0 Å². The minimum atomic E-state index is -0.932. The molecule has 0 unspecified atom stereocenters. The van der Waals surface area contributed by atoms with Crippen molar-refractivity contribution in [3.05, 3.63) is 12.2 Å². The molecule has 5 rings (SSSR count). The van der Waals surface area contributed by atoms with E-state index in [2.05, 4.69) is 57.1 Å². The standard InChI is InChI=1S/C46H75N3O7/c1-10-13-26-47-37(50)39(52)55-29-43(7)33-19-22-45(9)34(42(33,6)21-20-35(43)56-40(53)38(51)48-27-14-11-2)17-16-32-36-31(30(4)5)18-23-46(36,25-24-44(32,45)8)41(54)49-28-15-12-3/h31-36H,4,10-29H2,1-3,5-9H3,(H,47,50)(H,48,51)(H,49,54)/t31-,32+,33+,34+,35-,36+,42-,43-,44+,45+,46-/m0/s1. The van der Waals surface area contributed by atoms with Crippen molar-refractivity contribution in [1.82, 2.24) is 16.0 Å². The number of rotatable bonds is 14. The summed E-state index contributed by atoms with van der Waals surface area (Å²) >= 11 is 0. The number of amides is 3. The van der Waals surface area contributed by atoms with Gasteiger partial charge in [0.05, 0.1) is 5.41 Å². The van der Waals surface area contributed by atoms with E-state index in [4.69, 9.17) is 9.47 Å². The van der Waals surface area contributed by atoms with Gasteiger partial charge in [-0.3, -0.25) is 14.4 Å². The monoisotopic (exact) mass is 782 g/mol. The second kappa shape index (κ2) is 17.5. The topological polar surface area (TPSA) is 140 Å². The third kappa shape index (κ3) is 7.69. The van der Waals surface area contributed by atoms with E-state index < -0.39 is 35.3 Å². The fourth-order valence-electron chi connectivity index (χ4n) is 13.6. The van der Waals surface area contributed by atoms with Gasteiger partial charge in [-0.15, -0.1) is 0 Å². The molecule has 0 saturated heterocycles. The Balaban J connectivity index is 1.45. The predicted molar refractivity (Wildman–Crippen MR) is 218 cm³/mol. The molecule has 11 atom stereocenters. The first-order valence-corrected chi connectivity index (χ1v) is 22.4. The van der Waals surface area contributed by atoms with Gasteiger partial charge in [0.25, 0.3) is 0 Å². The Morgan fingerprint density at radius 3 is 1.88 bits per heavy atom. The molecule has 0 aromatic rings. The van der Waals surface area contributed by atoms with Crippen LogP contribution < -0.4 is 16.0 Å². The Kier molecular flexibility index (Phi) is 13.8. The number of carbonyl (C=O) groups excluding carboxylic acids is 5. The lowest BCUT2D eigenvalue weighted by Gasteiger charge is -2.73. The minimum absolute atomic E-state index is 0.00629. The molecule has 5 saturated carbocycles. The first kappa shape index (κ1) is 44.2. The van der Waals surface area contributed by atoms with Crippen molar-refractivity contribution in [2.24, 2.45) is 56.7 Å². The third-order valence-electron chi connectivity index (χ3n) is 16.8. The zero-order chi connectivity index (χ0) is 41.1. The zero-order valence-electron chi connectivity index (χ0n) is 36.2. The number of unbranched alkanes of at least 4 members (excludes halogenated alkanes) is 3. The quantitative estimate of drug-likeness (QED) is 0.0707. The van der Waals surface area contributed by atoms with Crippen LogP contribution in [0.3, 0.4) is 0 Å². The summed E-state index contributed by atoms with van der Waals surface area (Å²) < 4.78 is 11.9. The summed E-state index contributed by atoms with van der Waals surface area (Å²) in [5.74, 6) is -1.71. The lowest BCUT2D eigenvalue weighted by molar-refractivity contribution is -0.256. The van der Waals surface area contributed by atoms with Gasteiger partial charge in [-0.2, -0.15) is 0 Å². The highest BCUT2D eigenvalue weighted by atomic mass is 16.6. The summed E-state index contributed by atoms with van der Waals surface area (Å²) in [6.45, 7) is 23.9. The van der Waals surface area contributed by atoms with Crippen molar-refractivity contribution in [3.8, 4) is 0 Å². The number of allylic oxidation sites excluding steroid dienone is 1. The average Bonchev–Trinajstić information content (AvgIpc) is 3.57. The highest BCUT2D eigenvalue weighted by molar-refractivity contribution is 6.32. The Morgan fingerprint density at radius 2 is 1.27 bits per heavy atom. The maximum atomic E-state index is 14.3.